The van der Waals surface area contributed by atoms with E-state index in [1.807, 2.05) is 0 Å². The van der Waals surface area contributed by atoms with Crippen LogP contribution in [-0.2, 0) is 4.79 Å². The Balaban J connectivity index is 2.12. The van der Waals surface area contributed by atoms with E-state index in [4.69, 9.17) is 0 Å². The summed E-state index contributed by atoms with van der Waals surface area (Å²) in [6, 6.07) is 1.15. The normalized spacial score (nSPS) is 39.8. The number of carbonyl (C=O) groups is 1. The summed E-state index contributed by atoms with van der Waals surface area (Å²) in [4.78, 5) is 14.2. The summed E-state index contributed by atoms with van der Waals surface area (Å²) in [6.07, 6.45) is 5.55. The Bertz CT molecular complexity index is 214. The van der Waals surface area contributed by atoms with Crippen molar-refractivity contribution in [3.05, 3.63) is 0 Å². The summed E-state index contributed by atoms with van der Waals surface area (Å²) < 4.78 is 0. The molecule has 1 unspecified atom stereocenters. The predicted molar refractivity (Wildman–Crippen MR) is 52.6 cm³/mol. The number of piperidine rings is 1. The fourth-order valence-corrected chi connectivity index (χ4v) is 3.03. The number of fused-ring (bicyclic) bond motifs is 2. The molecule has 0 aliphatic carbocycles. The van der Waals surface area contributed by atoms with Crippen molar-refractivity contribution in [2.24, 2.45) is 5.92 Å². The first-order valence-corrected chi connectivity index (χ1v) is 5.48. The molecule has 3 atom stereocenters. The molecule has 13 heavy (non-hydrogen) atoms. The van der Waals surface area contributed by atoms with Crippen LogP contribution in [0.4, 0.5) is 0 Å². The average molecular weight is 181 g/mol. The zero-order valence-corrected chi connectivity index (χ0v) is 8.62. The first-order chi connectivity index (χ1) is 6.24. The van der Waals surface area contributed by atoms with Crippen molar-refractivity contribution in [3.8, 4) is 0 Å². The monoisotopic (exact) mass is 181 g/mol. The number of ketones is 1. The van der Waals surface area contributed by atoms with Crippen molar-refractivity contribution >= 4 is 5.78 Å². The SMILES string of the molecule is CCCC1C(=O)C[C@H]2CC[C@@H]1N2C. The van der Waals surface area contributed by atoms with E-state index in [9.17, 15) is 4.79 Å². The van der Waals surface area contributed by atoms with Crippen LogP contribution in [0.5, 0.6) is 0 Å². The van der Waals surface area contributed by atoms with E-state index < -0.39 is 0 Å². The van der Waals surface area contributed by atoms with Gasteiger partial charge in [0.05, 0.1) is 0 Å². The van der Waals surface area contributed by atoms with E-state index in [1.165, 1.54) is 12.8 Å². The molecule has 2 fully saturated rings. The molecule has 2 saturated heterocycles. The molecule has 0 amide bonds. The highest BCUT2D eigenvalue weighted by Crippen LogP contribution is 2.37. The van der Waals surface area contributed by atoms with Crippen LogP contribution < -0.4 is 0 Å². The Hall–Kier alpha value is -0.370. The number of Topliss-reactive ketones (excluding diaryl/α,β-unsaturated/α-hetero) is 1. The van der Waals surface area contributed by atoms with E-state index in [2.05, 4.69) is 18.9 Å². The fourth-order valence-electron chi connectivity index (χ4n) is 3.03. The summed E-state index contributed by atoms with van der Waals surface area (Å²) in [5, 5.41) is 0. The van der Waals surface area contributed by atoms with Crippen molar-refractivity contribution < 1.29 is 4.79 Å². The molecule has 2 bridgehead atoms. The van der Waals surface area contributed by atoms with Crippen LogP contribution in [0.3, 0.4) is 0 Å². The van der Waals surface area contributed by atoms with Gasteiger partial charge in [0.2, 0.25) is 0 Å². The van der Waals surface area contributed by atoms with Crippen LogP contribution in [0.25, 0.3) is 0 Å². The van der Waals surface area contributed by atoms with Crippen molar-refractivity contribution in [1.29, 1.82) is 0 Å². The van der Waals surface area contributed by atoms with Crippen LogP contribution >= 0.6 is 0 Å². The molecular weight excluding hydrogens is 162 g/mol. The molecule has 2 heteroatoms. The van der Waals surface area contributed by atoms with Gasteiger partial charge in [-0.2, -0.15) is 0 Å². The lowest BCUT2D eigenvalue weighted by molar-refractivity contribution is -0.129. The number of hydrogen-bond acceptors (Lipinski definition) is 2. The van der Waals surface area contributed by atoms with E-state index in [0.29, 0.717) is 23.8 Å². The molecule has 2 heterocycles. The summed E-state index contributed by atoms with van der Waals surface area (Å²) in [7, 11) is 2.19. The Labute approximate surface area is 80.3 Å². The minimum absolute atomic E-state index is 0.355. The average Bonchev–Trinajstić information content (AvgIpc) is 2.34. The molecule has 0 aromatic heterocycles. The fraction of sp³-hybridized carbons (Fsp3) is 0.909. The molecule has 2 rings (SSSR count). The second-order valence-electron chi connectivity index (χ2n) is 4.53. The van der Waals surface area contributed by atoms with Gasteiger partial charge < -0.3 is 0 Å². The molecule has 0 spiro atoms. The number of nitrogens with zero attached hydrogens (tertiary/aromatic N) is 1. The van der Waals surface area contributed by atoms with Gasteiger partial charge in [-0.3, -0.25) is 9.69 Å². The highest BCUT2D eigenvalue weighted by Gasteiger charge is 2.43. The summed E-state index contributed by atoms with van der Waals surface area (Å²) in [5.41, 5.74) is 0. The quantitative estimate of drug-likeness (QED) is 0.648. The zero-order valence-electron chi connectivity index (χ0n) is 8.62. The Morgan fingerprint density at radius 3 is 2.92 bits per heavy atom. The molecule has 2 nitrogen and oxygen atoms in total. The highest BCUT2D eigenvalue weighted by molar-refractivity contribution is 5.83. The van der Waals surface area contributed by atoms with Gasteiger partial charge in [-0.25, -0.2) is 0 Å². The van der Waals surface area contributed by atoms with Gasteiger partial charge in [0.1, 0.15) is 5.78 Å². The second kappa shape index (κ2) is 3.41. The first-order valence-electron chi connectivity index (χ1n) is 5.48. The predicted octanol–water partition coefficient (Wildman–Crippen LogP) is 1.84. The van der Waals surface area contributed by atoms with Gasteiger partial charge in [0.15, 0.2) is 0 Å². The van der Waals surface area contributed by atoms with Crippen LogP contribution in [0.1, 0.15) is 39.0 Å². The van der Waals surface area contributed by atoms with E-state index in [1.54, 1.807) is 0 Å². The van der Waals surface area contributed by atoms with Crippen molar-refractivity contribution in [3.63, 3.8) is 0 Å². The van der Waals surface area contributed by atoms with E-state index in [0.717, 1.165) is 19.3 Å². The third-order valence-electron chi connectivity index (χ3n) is 3.81. The minimum atomic E-state index is 0.355. The Morgan fingerprint density at radius 1 is 1.46 bits per heavy atom. The standard InChI is InChI=1S/C11H19NO/c1-3-4-9-10-6-5-8(12(10)2)7-11(9)13/h8-10H,3-7H2,1-2H3/t8-,9?,10+/m1/s1. The molecule has 0 N–H and O–H groups in total. The van der Waals surface area contributed by atoms with Crippen LogP contribution in [-0.4, -0.2) is 29.8 Å². The molecule has 2 aliphatic rings. The maximum atomic E-state index is 11.8. The van der Waals surface area contributed by atoms with E-state index >= 15 is 0 Å². The molecule has 0 aromatic rings. The van der Waals surface area contributed by atoms with Crippen LogP contribution in [0.2, 0.25) is 0 Å². The lowest BCUT2D eigenvalue weighted by atomic mass is 9.86. The number of rotatable bonds is 2. The lowest BCUT2D eigenvalue weighted by Gasteiger charge is -2.36. The van der Waals surface area contributed by atoms with Gasteiger partial charge in [0.25, 0.3) is 0 Å². The lowest BCUT2D eigenvalue weighted by Crippen LogP contribution is -2.46. The van der Waals surface area contributed by atoms with Gasteiger partial charge in [0, 0.05) is 24.4 Å². The molecule has 74 valence electrons. The maximum Gasteiger partial charge on any atom is 0.139 e. The minimum Gasteiger partial charge on any atom is -0.299 e. The third kappa shape index (κ3) is 1.41. The molecule has 0 saturated carbocycles. The number of hydrogen-bond donors (Lipinski definition) is 0. The van der Waals surface area contributed by atoms with Gasteiger partial charge >= 0.3 is 0 Å². The van der Waals surface area contributed by atoms with Gasteiger partial charge in [-0.05, 0) is 26.3 Å². The third-order valence-corrected chi connectivity index (χ3v) is 3.81. The Morgan fingerprint density at radius 2 is 2.23 bits per heavy atom. The smallest absolute Gasteiger partial charge is 0.139 e. The van der Waals surface area contributed by atoms with Crippen molar-refractivity contribution in [2.75, 3.05) is 7.05 Å². The summed E-state index contributed by atoms with van der Waals surface area (Å²) in [6.45, 7) is 2.17. The first kappa shape index (κ1) is 9.20. The summed E-state index contributed by atoms with van der Waals surface area (Å²) >= 11 is 0. The zero-order chi connectivity index (χ0) is 9.42. The second-order valence-corrected chi connectivity index (χ2v) is 4.53. The van der Waals surface area contributed by atoms with Gasteiger partial charge in [-0.15, -0.1) is 0 Å². The topological polar surface area (TPSA) is 20.3 Å². The largest absolute Gasteiger partial charge is 0.299 e. The summed E-state index contributed by atoms with van der Waals surface area (Å²) in [5.74, 6) is 0.890. The number of carbonyl (C=O) groups excluding carboxylic acids is 1. The van der Waals surface area contributed by atoms with Gasteiger partial charge in [-0.1, -0.05) is 13.3 Å². The molecule has 0 radical (unpaired) electrons. The maximum absolute atomic E-state index is 11.8. The molecular formula is C11H19NO. The van der Waals surface area contributed by atoms with Crippen LogP contribution in [0.15, 0.2) is 0 Å². The Kier molecular flexibility index (Phi) is 2.41. The van der Waals surface area contributed by atoms with Crippen LogP contribution in [0, 0.1) is 5.92 Å². The highest BCUT2D eigenvalue weighted by atomic mass is 16.1. The molecule has 0 aromatic carbocycles. The van der Waals surface area contributed by atoms with Crippen molar-refractivity contribution in [1.82, 2.24) is 4.90 Å². The molecule has 2 aliphatic heterocycles. The van der Waals surface area contributed by atoms with E-state index in [-0.39, 0.29) is 0 Å². The van der Waals surface area contributed by atoms with Crippen molar-refractivity contribution in [2.45, 2.75) is 51.1 Å².